The Kier molecular flexibility index (Phi) is 9.00. The zero-order chi connectivity index (χ0) is 27.6. The van der Waals surface area contributed by atoms with Crippen LogP contribution in [0.1, 0.15) is 50.2 Å². The number of likely N-dealkylation sites (tertiary alicyclic amines) is 1. The summed E-state index contributed by atoms with van der Waals surface area (Å²) in [6.45, 7) is 10.6. The summed E-state index contributed by atoms with van der Waals surface area (Å²) in [6, 6.07) is 5.09. The number of aliphatic hydroxyl groups excluding tert-OH is 1. The lowest BCUT2D eigenvalue weighted by molar-refractivity contribution is -0.154. The summed E-state index contributed by atoms with van der Waals surface area (Å²) in [5.74, 6) is -2.42. The molecule has 1 aromatic rings. The monoisotopic (exact) mass is 590 g/mol. The van der Waals surface area contributed by atoms with Crippen molar-refractivity contribution in [3.8, 4) is 0 Å². The first-order valence-electron chi connectivity index (χ1n) is 13.6. The van der Waals surface area contributed by atoms with Crippen LogP contribution < -0.4 is 4.90 Å². The van der Waals surface area contributed by atoms with E-state index in [0.29, 0.717) is 25.8 Å². The predicted molar refractivity (Wildman–Crippen MR) is 148 cm³/mol. The number of alkyl halides is 1. The Morgan fingerprint density at radius 2 is 2.03 bits per heavy atom. The number of hydrogen-bond donors (Lipinski definition) is 1. The summed E-state index contributed by atoms with van der Waals surface area (Å²) in [4.78, 5) is 44.9. The van der Waals surface area contributed by atoms with Gasteiger partial charge in [0.2, 0.25) is 5.91 Å². The lowest BCUT2D eigenvalue weighted by Gasteiger charge is -2.37. The molecule has 3 fully saturated rings. The van der Waals surface area contributed by atoms with Crippen LogP contribution in [0.5, 0.6) is 0 Å². The number of carbonyl (C=O) groups is 3. The van der Waals surface area contributed by atoms with Crippen molar-refractivity contribution in [2.24, 2.45) is 11.8 Å². The Hall–Kier alpha value is -2.23. The van der Waals surface area contributed by atoms with Crippen LogP contribution in [-0.2, 0) is 23.9 Å². The fourth-order valence-corrected chi connectivity index (χ4v) is 7.44. The lowest BCUT2D eigenvalue weighted by Crippen LogP contribution is -2.57. The quantitative estimate of drug-likeness (QED) is 0.173. The molecule has 2 amide bonds. The number of benzene rings is 1. The van der Waals surface area contributed by atoms with E-state index in [1.807, 2.05) is 32.0 Å². The van der Waals surface area contributed by atoms with E-state index >= 15 is 0 Å². The first-order chi connectivity index (χ1) is 18.2. The smallest absolute Gasteiger partial charge is 0.312 e. The van der Waals surface area contributed by atoms with Crippen LogP contribution >= 0.6 is 15.9 Å². The third-order valence-electron chi connectivity index (χ3n) is 8.12. The molecule has 1 unspecified atom stereocenters. The van der Waals surface area contributed by atoms with Gasteiger partial charge in [0.15, 0.2) is 0 Å². The SMILES string of the molecule is C=CCN(C(=O)[C@H]1N(CCCCCCO)C(=O)[C@@H]2[C@@H](C(=O)OCC)[C@@H]3O[C@@]21CC3Br)c1cc(C)ccc1C. The van der Waals surface area contributed by atoms with Gasteiger partial charge in [-0.1, -0.05) is 47.0 Å². The minimum atomic E-state index is -1.12. The van der Waals surface area contributed by atoms with Crippen LogP contribution in [0, 0.1) is 25.7 Å². The van der Waals surface area contributed by atoms with Gasteiger partial charge in [-0.3, -0.25) is 14.4 Å². The van der Waals surface area contributed by atoms with E-state index in [1.165, 1.54) is 0 Å². The van der Waals surface area contributed by atoms with Gasteiger partial charge in [0.1, 0.15) is 11.6 Å². The van der Waals surface area contributed by atoms with Crippen molar-refractivity contribution in [1.82, 2.24) is 4.90 Å². The Labute approximate surface area is 233 Å². The van der Waals surface area contributed by atoms with Crippen LogP contribution in [-0.4, -0.2) is 76.7 Å². The number of anilines is 1. The van der Waals surface area contributed by atoms with Crippen LogP contribution in [0.4, 0.5) is 5.69 Å². The second-order valence-corrected chi connectivity index (χ2v) is 11.8. The van der Waals surface area contributed by atoms with Crippen molar-refractivity contribution >= 4 is 39.4 Å². The third kappa shape index (κ3) is 4.93. The van der Waals surface area contributed by atoms with Gasteiger partial charge in [-0.2, -0.15) is 0 Å². The number of aliphatic hydroxyl groups is 1. The van der Waals surface area contributed by atoms with Crippen LogP contribution in [0.3, 0.4) is 0 Å². The number of halogens is 1. The maximum atomic E-state index is 14.6. The summed E-state index contributed by atoms with van der Waals surface area (Å²) in [6.07, 6.45) is 4.66. The van der Waals surface area contributed by atoms with Gasteiger partial charge < -0.3 is 24.4 Å². The normalized spacial score (nSPS) is 29.4. The number of unbranched alkanes of at least 4 members (excludes halogenated alkanes) is 3. The fraction of sp³-hybridized carbons (Fsp3) is 0.621. The molecule has 38 heavy (non-hydrogen) atoms. The molecule has 2 bridgehead atoms. The molecule has 6 atom stereocenters. The van der Waals surface area contributed by atoms with Crippen molar-refractivity contribution in [2.45, 2.75) is 75.4 Å². The highest BCUT2D eigenvalue weighted by atomic mass is 79.9. The fourth-order valence-electron chi connectivity index (χ4n) is 6.50. The van der Waals surface area contributed by atoms with E-state index in [4.69, 9.17) is 14.6 Å². The number of hydrogen-bond acceptors (Lipinski definition) is 6. The molecule has 1 spiro atoms. The van der Waals surface area contributed by atoms with Crippen molar-refractivity contribution in [2.75, 3.05) is 31.2 Å². The highest BCUT2D eigenvalue weighted by molar-refractivity contribution is 9.09. The number of esters is 1. The van der Waals surface area contributed by atoms with Gasteiger partial charge in [0.25, 0.3) is 5.91 Å². The highest BCUT2D eigenvalue weighted by Gasteiger charge is 2.77. The molecule has 3 saturated heterocycles. The van der Waals surface area contributed by atoms with Crippen molar-refractivity contribution in [1.29, 1.82) is 0 Å². The van der Waals surface area contributed by atoms with E-state index in [0.717, 1.165) is 29.7 Å². The molecule has 0 aromatic heterocycles. The maximum Gasteiger partial charge on any atom is 0.312 e. The van der Waals surface area contributed by atoms with Gasteiger partial charge in [-0.25, -0.2) is 0 Å². The van der Waals surface area contributed by atoms with E-state index in [2.05, 4.69) is 22.5 Å². The molecule has 0 saturated carbocycles. The number of aryl methyl sites for hydroxylation is 2. The second-order valence-electron chi connectivity index (χ2n) is 10.6. The topological polar surface area (TPSA) is 96.4 Å². The predicted octanol–water partition coefficient (Wildman–Crippen LogP) is 3.69. The van der Waals surface area contributed by atoms with Crippen molar-refractivity contribution in [3.63, 3.8) is 0 Å². The molecule has 8 nitrogen and oxygen atoms in total. The summed E-state index contributed by atoms with van der Waals surface area (Å²) >= 11 is 3.69. The van der Waals surface area contributed by atoms with Crippen LogP contribution in [0.2, 0.25) is 0 Å². The van der Waals surface area contributed by atoms with E-state index in [9.17, 15) is 14.4 Å². The second kappa shape index (κ2) is 11.9. The molecular formula is C29H39BrN2O6. The number of rotatable bonds is 12. The first kappa shape index (κ1) is 28.8. The molecule has 1 N–H and O–H groups in total. The lowest BCUT2D eigenvalue weighted by atomic mass is 9.70. The number of fused-ring (bicyclic) bond motifs is 1. The van der Waals surface area contributed by atoms with E-state index in [1.54, 1.807) is 22.8 Å². The average Bonchev–Trinajstić information content (AvgIpc) is 3.47. The molecule has 3 aliphatic rings. The molecule has 0 radical (unpaired) electrons. The van der Waals surface area contributed by atoms with Gasteiger partial charge in [-0.15, -0.1) is 6.58 Å². The summed E-state index contributed by atoms with van der Waals surface area (Å²) < 4.78 is 11.9. The van der Waals surface area contributed by atoms with E-state index in [-0.39, 0.29) is 36.4 Å². The molecular weight excluding hydrogens is 552 g/mol. The van der Waals surface area contributed by atoms with Crippen molar-refractivity contribution < 1.29 is 29.0 Å². The number of nitrogens with zero attached hydrogens (tertiary/aromatic N) is 2. The zero-order valence-electron chi connectivity index (χ0n) is 22.5. The van der Waals surface area contributed by atoms with E-state index < -0.39 is 35.6 Å². The Morgan fingerprint density at radius 3 is 2.71 bits per heavy atom. The van der Waals surface area contributed by atoms with Crippen LogP contribution in [0.25, 0.3) is 0 Å². The minimum Gasteiger partial charge on any atom is -0.466 e. The molecule has 9 heteroatoms. The average molecular weight is 592 g/mol. The largest absolute Gasteiger partial charge is 0.466 e. The van der Waals surface area contributed by atoms with Crippen LogP contribution in [0.15, 0.2) is 30.9 Å². The highest BCUT2D eigenvalue weighted by Crippen LogP contribution is 2.60. The molecule has 3 heterocycles. The summed E-state index contributed by atoms with van der Waals surface area (Å²) in [5.41, 5.74) is 1.62. The molecule has 4 rings (SSSR count). The minimum absolute atomic E-state index is 0.129. The summed E-state index contributed by atoms with van der Waals surface area (Å²) in [5, 5.41) is 9.14. The Balaban J connectivity index is 1.75. The Bertz CT molecular complexity index is 1080. The number of ether oxygens (including phenoxy) is 2. The van der Waals surface area contributed by atoms with Gasteiger partial charge in [-0.05, 0) is 57.2 Å². The van der Waals surface area contributed by atoms with Gasteiger partial charge in [0, 0.05) is 30.2 Å². The summed E-state index contributed by atoms with van der Waals surface area (Å²) in [7, 11) is 0. The standard InChI is InChI=1S/C29H39BrN2O6/c1-5-13-31(21-16-18(3)11-12-19(21)4)27(35)25-29-17-20(30)24(38-29)22(28(36)37-6-2)23(29)26(34)32(25)14-9-7-8-10-15-33/h5,11-12,16,20,22-25,33H,1,6-10,13-15,17H2,2-4H3/t20?,22-,23+,24-,25-,29+/m1/s1. The third-order valence-corrected chi connectivity index (χ3v) is 8.97. The molecule has 208 valence electrons. The number of carbonyl (C=O) groups excluding carboxylic acids is 3. The number of amides is 2. The van der Waals surface area contributed by atoms with Crippen molar-refractivity contribution in [3.05, 3.63) is 42.0 Å². The molecule has 3 aliphatic heterocycles. The Morgan fingerprint density at radius 1 is 1.29 bits per heavy atom. The maximum absolute atomic E-state index is 14.6. The van der Waals surface area contributed by atoms with Gasteiger partial charge in [0.05, 0.1) is 24.5 Å². The first-order valence-corrected chi connectivity index (χ1v) is 14.5. The molecule has 1 aromatic carbocycles. The van der Waals surface area contributed by atoms with Gasteiger partial charge >= 0.3 is 5.97 Å². The zero-order valence-corrected chi connectivity index (χ0v) is 24.1. The molecule has 0 aliphatic carbocycles.